The summed E-state index contributed by atoms with van der Waals surface area (Å²) in [6.07, 6.45) is -3.11. The molecule has 0 saturated carbocycles. The standard InChI is InChI=1S/C21H16BrF4N3O2S/c1-10-17-19(32-18(10)20(30)31-2)16-14(8-11(22)9-28-16)29(17)13(5-6-21(24,25)26)15-12(23)4-3-7-27-15/h3-4,7-9,13H,5-6H2,1-2H3. The zero-order valence-corrected chi connectivity index (χ0v) is 19.2. The number of methoxy groups -OCH3 is 1. The number of alkyl halides is 3. The molecule has 4 rings (SSSR count). The lowest BCUT2D eigenvalue weighted by Crippen LogP contribution is -2.18. The van der Waals surface area contributed by atoms with Crippen molar-refractivity contribution < 1.29 is 27.1 Å². The van der Waals surface area contributed by atoms with Gasteiger partial charge in [0.25, 0.3) is 0 Å². The minimum atomic E-state index is -4.44. The van der Waals surface area contributed by atoms with Gasteiger partial charge in [0.2, 0.25) is 0 Å². The average molecular weight is 530 g/mol. The molecule has 0 aliphatic heterocycles. The van der Waals surface area contributed by atoms with Crippen LogP contribution in [0.2, 0.25) is 0 Å². The molecule has 0 aliphatic carbocycles. The molecule has 0 N–H and O–H groups in total. The number of aryl methyl sites for hydroxylation is 1. The number of esters is 1. The van der Waals surface area contributed by atoms with Crippen molar-refractivity contribution in [3.8, 4) is 0 Å². The van der Waals surface area contributed by atoms with E-state index in [2.05, 4.69) is 25.9 Å². The highest BCUT2D eigenvalue weighted by Gasteiger charge is 2.33. The van der Waals surface area contributed by atoms with Gasteiger partial charge < -0.3 is 9.30 Å². The number of nitrogens with zero attached hydrogens (tertiary/aromatic N) is 3. The van der Waals surface area contributed by atoms with Gasteiger partial charge in [-0.15, -0.1) is 11.3 Å². The normalized spacial score (nSPS) is 13.1. The average Bonchev–Trinajstić information content (AvgIpc) is 3.23. The number of ether oxygens (including phenoxy) is 1. The summed E-state index contributed by atoms with van der Waals surface area (Å²) in [6, 6.07) is 3.19. The second-order valence-corrected chi connectivity index (χ2v) is 9.09. The fraction of sp³-hybridized carbons (Fsp3) is 0.286. The molecule has 4 aromatic heterocycles. The molecule has 11 heteroatoms. The maximum Gasteiger partial charge on any atom is 0.389 e. The summed E-state index contributed by atoms with van der Waals surface area (Å²) in [7, 11) is 1.25. The van der Waals surface area contributed by atoms with E-state index in [0.29, 0.717) is 36.2 Å². The van der Waals surface area contributed by atoms with E-state index in [-0.39, 0.29) is 5.69 Å². The molecule has 4 aromatic rings. The summed E-state index contributed by atoms with van der Waals surface area (Å²) in [6.45, 7) is 1.69. The molecule has 32 heavy (non-hydrogen) atoms. The van der Waals surface area contributed by atoms with Crippen LogP contribution in [-0.4, -0.2) is 33.8 Å². The predicted molar refractivity (Wildman–Crippen MR) is 117 cm³/mol. The molecule has 5 nitrogen and oxygen atoms in total. The summed E-state index contributed by atoms with van der Waals surface area (Å²) < 4.78 is 62.0. The van der Waals surface area contributed by atoms with Crippen LogP contribution in [0.25, 0.3) is 21.3 Å². The Hall–Kier alpha value is -2.53. The van der Waals surface area contributed by atoms with Crippen molar-refractivity contribution in [2.24, 2.45) is 0 Å². The van der Waals surface area contributed by atoms with E-state index in [1.165, 1.54) is 25.4 Å². The third-order valence-corrected chi connectivity index (χ3v) is 6.85. The molecule has 168 valence electrons. The van der Waals surface area contributed by atoms with E-state index in [9.17, 15) is 22.4 Å². The molecule has 0 amide bonds. The van der Waals surface area contributed by atoms with E-state index in [1.54, 1.807) is 23.8 Å². The highest BCUT2D eigenvalue weighted by atomic mass is 79.9. The maximum atomic E-state index is 14.8. The SMILES string of the molecule is COC(=O)c1sc2c3ncc(Br)cc3n(C(CCC(F)(F)F)c3ncccc3F)c2c1C. The number of hydrogen-bond acceptors (Lipinski definition) is 5. The number of pyridine rings is 2. The van der Waals surface area contributed by atoms with Crippen molar-refractivity contribution in [2.45, 2.75) is 32.0 Å². The van der Waals surface area contributed by atoms with Crippen LogP contribution in [0.5, 0.6) is 0 Å². The second kappa shape index (κ2) is 8.43. The molecule has 0 bridgehead atoms. The zero-order valence-electron chi connectivity index (χ0n) is 16.8. The fourth-order valence-electron chi connectivity index (χ4n) is 3.81. The van der Waals surface area contributed by atoms with Crippen molar-refractivity contribution in [1.82, 2.24) is 14.5 Å². The number of rotatable bonds is 5. The first kappa shape index (κ1) is 22.7. The van der Waals surface area contributed by atoms with Crippen molar-refractivity contribution >= 4 is 54.5 Å². The molecule has 0 fully saturated rings. The summed E-state index contributed by atoms with van der Waals surface area (Å²) in [5, 5.41) is 0. The van der Waals surface area contributed by atoms with Gasteiger partial charge in [-0.2, -0.15) is 13.2 Å². The molecule has 1 atom stereocenters. The van der Waals surface area contributed by atoms with Crippen LogP contribution in [0.3, 0.4) is 0 Å². The minimum absolute atomic E-state index is 0.110. The minimum Gasteiger partial charge on any atom is -0.465 e. The highest BCUT2D eigenvalue weighted by molar-refractivity contribution is 9.10. The van der Waals surface area contributed by atoms with Gasteiger partial charge in [-0.25, -0.2) is 9.18 Å². The lowest BCUT2D eigenvalue weighted by atomic mass is 10.1. The lowest BCUT2D eigenvalue weighted by Gasteiger charge is -2.22. The van der Waals surface area contributed by atoms with Crippen molar-refractivity contribution in [2.75, 3.05) is 7.11 Å². The molecule has 0 aromatic carbocycles. The quantitative estimate of drug-likeness (QED) is 0.216. The van der Waals surface area contributed by atoms with Gasteiger partial charge in [-0.05, 0) is 53.0 Å². The Bertz CT molecular complexity index is 1330. The Labute approximate surface area is 192 Å². The lowest BCUT2D eigenvalue weighted by molar-refractivity contribution is -0.136. The fourth-order valence-corrected chi connectivity index (χ4v) is 5.35. The monoisotopic (exact) mass is 529 g/mol. The van der Waals surface area contributed by atoms with Crippen LogP contribution in [0, 0.1) is 12.7 Å². The van der Waals surface area contributed by atoms with E-state index < -0.39 is 36.8 Å². The number of halogens is 5. The molecular formula is C21H16BrF4N3O2S. The van der Waals surface area contributed by atoms with Gasteiger partial charge in [-0.3, -0.25) is 9.97 Å². The third kappa shape index (κ3) is 3.99. The largest absolute Gasteiger partial charge is 0.465 e. The van der Waals surface area contributed by atoms with Crippen molar-refractivity contribution in [1.29, 1.82) is 0 Å². The van der Waals surface area contributed by atoms with Gasteiger partial charge in [0.1, 0.15) is 16.2 Å². The second-order valence-electron chi connectivity index (χ2n) is 7.16. The van der Waals surface area contributed by atoms with Crippen molar-refractivity contribution in [3.05, 3.63) is 57.0 Å². The number of carbonyl (C=O) groups excluding carboxylic acids is 1. The van der Waals surface area contributed by atoms with Crippen molar-refractivity contribution in [3.63, 3.8) is 0 Å². The molecule has 0 radical (unpaired) electrons. The first-order chi connectivity index (χ1) is 15.1. The Morgan fingerprint density at radius 2 is 2.09 bits per heavy atom. The van der Waals surface area contributed by atoms with E-state index in [0.717, 1.165) is 11.3 Å². The Balaban J connectivity index is 2.07. The van der Waals surface area contributed by atoms with Gasteiger partial charge in [0, 0.05) is 23.3 Å². The Morgan fingerprint density at radius 3 is 2.75 bits per heavy atom. The number of fused-ring (bicyclic) bond motifs is 3. The van der Waals surface area contributed by atoms with Gasteiger partial charge in [0.15, 0.2) is 0 Å². The van der Waals surface area contributed by atoms with E-state index in [4.69, 9.17) is 4.74 Å². The summed E-state index contributed by atoms with van der Waals surface area (Å²) >= 11 is 4.50. The number of carbonyl (C=O) groups is 1. The molecular weight excluding hydrogens is 514 g/mol. The van der Waals surface area contributed by atoms with Crippen LogP contribution in [-0.2, 0) is 4.74 Å². The van der Waals surface area contributed by atoms with Crippen LogP contribution < -0.4 is 0 Å². The van der Waals surface area contributed by atoms with E-state index >= 15 is 0 Å². The topological polar surface area (TPSA) is 57.0 Å². The molecule has 1 unspecified atom stereocenters. The van der Waals surface area contributed by atoms with Gasteiger partial charge in [0.05, 0.1) is 34.6 Å². The highest BCUT2D eigenvalue weighted by Crippen LogP contribution is 2.43. The van der Waals surface area contributed by atoms with Crippen LogP contribution in [0.4, 0.5) is 17.6 Å². The molecule has 4 heterocycles. The zero-order chi connectivity index (χ0) is 23.2. The number of aromatic nitrogens is 3. The first-order valence-corrected chi connectivity index (χ1v) is 11.1. The van der Waals surface area contributed by atoms with E-state index in [1.807, 2.05) is 0 Å². The predicted octanol–water partition coefficient (Wildman–Crippen LogP) is 6.57. The van der Waals surface area contributed by atoms with Crippen LogP contribution in [0.15, 0.2) is 35.1 Å². The molecule has 0 saturated heterocycles. The third-order valence-electron chi connectivity index (χ3n) is 5.15. The molecule has 0 spiro atoms. The van der Waals surface area contributed by atoms with Crippen LogP contribution >= 0.6 is 27.3 Å². The van der Waals surface area contributed by atoms with Gasteiger partial charge >= 0.3 is 12.1 Å². The smallest absolute Gasteiger partial charge is 0.389 e. The van der Waals surface area contributed by atoms with Crippen LogP contribution in [0.1, 0.15) is 39.8 Å². The number of hydrogen-bond donors (Lipinski definition) is 0. The van der Waals surface area contributed by atoms with Gasteiger partial charge in [-0.1, -0.05) is 0 Å². The maximum absolute atomic E-state index is 14.8. The summed E-state index contributed by atoms with van der Waals surface area (Å²) in [5.41, 5.74) is 1.94. The summed E-state index contributed by atoms with van der Waals surface area (Å²) in [4.78, 5) is 21.1. The Morgan fingerprint density at radius 1 is 1.34 bits per heavy atom. The first-order valence-electron chi connectivity index (χ1n) is 9.46. The molecule has 0 aliphatic rings. The Kier molecular flexibility index (Phi) is 5.97. The number of thiophene rings is 1. The summed E-state index contributed by atoms with van der Waals surface area (Å²) in [5.74, 6) is -1.27.